The molecule has 0 saturated carbocycles. The van der Waals surface area contributed by atoms with E-state index < -0.39 is 5.60 Å². The van der Waals surface area contributed by atoms with E-state index in [0.29, 0.717) is 0 Å². The molecule has 0 heterocycles. The highest BCUT2D eigenvalue weighted by Gasteiger charge is 2.21. The molecule has 1 rings (SSSR count). The Balaban J connectivity index is 2.87. The summed E-state index contributed by atoms with van der Waals surface area (Å²) in [6, 6.07) is 9.92. The lowest BCUT2D eigenvalue weighted by Gasteiger charge is -2.26. The number of rotatable bonds is 3. The lowest BCUT2D eigenvalue weighted by atomic mass is 9.98. The van der Waals surface area contributed by atoms with E-state index in [9.17, 15) is 0 Å². The Morgan fingerprint density at radius 1 is 1.31 bits per heavy atom. The smallest absolute Gasteiger partial charge is 0.177 e. The maximum absolute atomic E-state index is 5.41. The molecule has 0 spiro atoms. The zero-order chi connectivity index (χ0) is 9.90. The fourth-order valence-electron chi connectivity index (χ4n) is 1.23. The van der Waals surface area contributed by atoms with Crippen LogP contribution >= 0.6 is 0 Å². The second-order valence-corrected chi connectivity index (χ2v) is 3.44. The molecule has 0 atom stereocenters. The van der Waals surface area contributed by atoms with Crippen LogP contribution in [0.25, 0.3) is 0 Å². The molecular formula is C11H15NO. The summed E-state index contributed by atoms with van der Waals surface area (Å²) in [4.78, 5) is 0. The molecule has 0 fully saturated rings. The molecule has 70 valence electrons. The zero-order valence-electron chi connectivity index (χ0n) is 8.08. The molecule has 0 radical (unpaired) electrons. The van der Waals surface area contributed by atoms with Crippen LogP contribution in [0.5, 0.6) is 0 Å². The van der Waals surface area contributed by atoms with Crippen molar-refractivity contribution in [1.29, 1.82) is 0 Å². The van der Waals surface area contributed by atoms with E-state index in [2.05, 4.69) is 6.58 Å². The van der Waals surface area contributed by atoms with Gasteiger partial charge in [-0.3, -0.25) is 0 Å². The van der Waals surface area contributed by atoms with Crippen LogP contribution < -0.4 is 5.73 Å². The van der Waals surface area contributed by atoms with Gasteiger partial charge in [0.05, 0.1) is 0 Å². The highest BCUT2D eigenvalue weighted by atomic mass is 16.5. The van der Waals surface area contributed by atoms with Crippen molar-refractivity contribution in [3.8, 4) is 0 Å². The van der Waals surface area contributed by atoms with E-state index in [4.69, 9.17) is 10.5 Å². The molecule has 0 saturated heterocycles. The molecule has 0 unspecified atom stereocenters. The van der Waals surface area contributed by atoms with Crippen molar-refractivity contribution in [3.05, 3.63) is 48.4 Å². The van der Waals surface area contributed by atoms with Crippen LogP contribution in [0, 0.1) is 0 Å². The lowest BCUT2D eigenvalue weighted by molar-refractivity contribution is 0.0310. The van der Waals surface area contributed by atoms with Gasteiger partial charge >= 0.3 is 0 Å². The van der Waals surface area contributed by atoms with Crippen LogP contribution in [-0.2, 0) is 10.3 Å². The highest BCUT2D eigenvalue weighted by Crippen LogP contribution is 2.25. The SMILES string of the molecule is C=C(N)OC(C)(C)c1ccccc1. The maximum Gasteiger partial charge on any atom is 0.177 e. The Labute approximate surface area is 79.0 Å². The van der Waals surface area contributed by atoms with Crippen LogP contribution in [0.2, 0.25) is 0 Å². The second-order valence-electron chi connectivity index (χ2n) is 3.44. The molecular weight excluding hydrogens is 162 g/mol. The number of hydrogen-bond donors (Lipinski definition) is 1. The van der Waals surface area contributed by atoms with Crippen molar-refractivity contribution in [3.63, 3.8) is 0 Å². The lowest BCUT2D eigenvalue weighted by Crippen LogP contribution is -2.23. The third-order valence-corrected chi connectivity index (χ3v) is 1.86. The van der Waals surface area contributed by atoms with E-state index >= 15 is 0 Å². The summed E-state index contributed by atoms with van der Waals surface area (Å²) in [7, 11) is 0. The van der Waals surface area contributed by atoms with Gasteiger partial charge in [0, 0.05) is 0 Å². The van der Waals surface area contributed by atoms with Gasteiger partial charge in [-0.25, -0.2) is 0 Å². The molecule has 0 amide bonds. The minimum absolute atomic E-state index is 0.244. The molecule has 0 aromatic heterocycles. The Bertz CT molecular complexity index is 290. The maximum atomic E-state index is 5.41. The van der Waals surface area contributed by atoms with Gasteiger partial charge in [-0.15, -0.1) is 0 Å². The fraction of sp³-hybridized carbons (Fsp3) is 0.273. The average Bonchev–Trinajstić information content (AvgIpc) is 2.04. The van der Waals surface area contributed by atoms with Gasteiger partial charge in [-0.05, 0) is 26.0 Å². The molecule has 13 heavy (non-hydrogen) atoms. The third kappa shape index (κ3) is 2.51. The van der Waals surface area contributed by atoms with Gasteiger partial charge in [0.2, 0.25) is 0 Å². The molecule has 2 N–H and O–H groups in total. The summed E-state index contributed by atoms with van der Waals surface area (Å²) in [5.74, 6) is 0.244. The topological polar surface area (TPSA) is 35.2 Å². The van der Waals surface area contributed by atoms with Crippen molar-refractivity contribution in [2.45, 2.75) is 19.4 Å². The van der Waals surface area contributed by atoms with E-state index in [1.165, 1.54) is 0 Å². The van der Waals surface area contributed by atoms with Crippen LogP contribution in [0.15, 0.2) is 42.8 Å². The van der Waals surface area contributed by atoms with Gasteiger partial charge < -0.3 is 10.5 Å². The number of benzene rings is 1. The van der Waals surface area contributed by atoms with Gasteiger partial charge in [0.25, 0.3) is 0 Å². The van der Waals surface area contributed by atoms with Crippen molar-refractivity contribution in [1.82, 2.24) is 0 Å². The predicted molar refractivity (Wildman–Crippen MR) is 53.9 cm³/mol. The van der Waals surface area contributed by atoms with Gasteiger partial charge in [0.15, 0.2) is 5.88 Å². The molecule has 2 heteroatoms. The van der Waals surface area contributed by atoms with Crippen LogP contribution in [0.1, 0.15) is 19.4 Å². The molecule has 2 nitrogen and oxygen atoms in total. The van der Waals surface area contributed by atoms with E-state index in [1.807, 2.05) is 44.2 Å². The molecule has 0 aliphatic carbocycles. The Kier molecular flexibility index (Phi) is 2.61. The molecule has 0 aliphatic rings. The van der Waals surface area contributed by atoms with Crippen LogP contribution in [-0.4, -0.2) is 0 Å². The summed E-state index contributed by atoms with van der Waals surface area (Å²) in [5.41, 5.74) is 6.07. The monoisotopic (exact) mass is 177 g/mol. The summed E-state index contributed by atoms with van der Waals surface area (Å²) < 4.78 is 5.41. The van der Waals surface area contributed by atoms with Crippen LogP contribution in [0.3, 0.4) is 0 Å². The normalized spacial score (nSPS) is 10.9. The van der Waals surface area contributed by atoms with Gasteiger partial charge in [0.1, 0.15) is 5.60 Å². The third-order valence-electron chi connectivity index (χ3n) is 1.86. The Morgan fingerprint density at radius 2 is 1.85 bits per heavy atom. The van der Waals surface area contributed by atoms with Crippen molar-refractivity contribution >= 4 is 0 Å². The first-order chi connectivity index (χ1) is 6.02. The average molecular weight is 177 g/mol. The van der Waals surface area contributed by atoms with Gasteiger partial charge in [-0.1, -0.05) is 30.3 Å². The second kappa shape index (κ2) is 3.52. The van der Waals surface area contributed by atoms with Crippen molar-refractivity contribution < 1.29 is 4.74 Å². The van der Waals surface area contributed by atoms with E-state index in [1.54, 1.807) is 0 Å². The largest absolute Gasteiger partial charge is 0.469 e. The Hall–Kier alpha value is -1.44. The van der Waals surface area contributed by atoms with E-state index in [0.717, 1.165) is 5.56 Å². The number of hydrogen-bond acceptors (Lipinski definition) is 2. The van der Waals surface area contributed by atoms with Crippen molar-refractivity contribution in [2.75, 3.05) is 0 Å². The number of ether oxygens (including phenoxy) is 1. The minimum atomic E-state index is -0.410. The summed E-state index contributed by atoms with van der Waals surface area (Å²) in [5, 5.41) is 0. The first kappa shape index (κ1) is 9.65. The summed E-state index contributed by atoms with van der Waals surface area (Å²) >= 11 is 0. The molecule has 0 aliphatic heterocycles. The van der Waals surface area contributed by atoms with Crippen molar-refractivity contribution in [2.24, 2.45) is 5.73 Å². The quantitative estimate of drug-likeness (QED) is 0.719. The van der Waals surface area contributed by atoms with Gasteiger partial charge in [-0.2, -0.15) is 0 Å². The number of nitrogens with two attached hydrogens (primary N) is 1. The first-order valence-electron chi connectivity index (χ1n) is 4.21. The van der Waals surface area contributed by atoms with E-state index in [-0.39, 0.29) is 5.88 Å². The molecule has 1 aromatic rings. The highest BCUT2D eigenvalue weighted by molar-refractivity contribution is 5.21. The first-order valence-corrected chi connectivity index (χ1v) is 4.21. The predicted octanol–water partition coefficient (Wildman–Crippen LogP) is 2.37. The zero-order valence-corrected chi connectivity index (χ0v) is 8.08. The minimum Gasteiger partial charge on any atom is -0.469 e. The standard InChI is InChI=1S/C11H15NO/c1-9(12)13-11(2,3)10-7-5-4-6-8-10/h4-8H,1,12H2,2-3H3. The van der Waals surface area contributed by atoms with Crippen LogP contribution in [0.4, 0.5) is 0 Å². The summed E-state index contributed by atoms with van der Waals surface area (Å²) in [6.07, 6.45) is 0. The molecule has 0 bridgehead atoms. The fourth-order valence-corrected chi connectivity index (χ4v) is 1.23. The Morgan fingerprint density at radius 3 is 2.31 bits per heavy atom. The molecule has 1 aromatic carbocycles. The summed E-state index contributed by atoms with van der Waals surface area (Å²) in [6.45, 7) is 7.44.